The molecule has 2 aromatic heterocycles. The summed E-state index contributed by atoms with van der Waals surface area (Å²) in [6.07, 6.45) is 0. The van der Waals surface area contributed by atoms with Gasteiger partial charge in [-0.15, -0.1) is 0 Å². The van der Waals surface area contributed by atoms with Crippen LogP contribution < -0.4 is 10.1 Å². The number of hydrogen-bond donors (Lipinski definition) is 2. The zero-order valence-electron chi connectivity index (χ0n) is 14.7. The summed E-state index contributed by atoms with van der Waals surface area (Å²) in [5.74, 6) is -0.0475. The number of nitrogens with one attached hydrogen (secondary N) is 1. The first-order chi connectivity index (χ1) is 12.5. The largest absolute Gasteiger partial charge is 0.497 e. The lowest BCUT2D eigenvalue weighted by Crippen LogP contribution is -2.07. The van der Waals surface area contributed by atoms with E-state index in [0.717, 1.165) is 17.0 Å². The van der Waals surface area contributed by atoms with E-state index in [1.807, 2.05) is 26.0 Å². The van der Waals surface area contributed by atoms with Crippen LogP contribution in [0.5, 0.6) is 5.75 Å². The van der Waals surface area contributed by atoms with Crippen LogP contribution in [0, 0.1) is 13.8 Å². The van der Waals surface area contributed by atoms with Crippen molar-refractivity contribution in [2.75, 3.05) is 12.4 Å². The molecule has 0 radical (unpaired) electrons. The Morgan fingerprint density at radius 3 is 2.42 bits per heavy atom. The number of carbonyl (C=O) groups is 1. The van der Waals surface area contributed by atoms with E-state index in [0.29, 0.717) is 17.9 Å². The van der Waals surface area contributed by atoms with E-state index in [1.54, 1.807) is 31.4 Å². The number of aryl methyl sites for hydroxylation is 2. The first-order valence-corrected chi connectivity index (χ1v) is 8.03. The first kappa shape index (κ1) is 17.5. The Kier molecular flexibility index (Phi) is 4.88. The van der Waals surface area contributed by atoms with Crippen LogP contribution in [-0.4, -0.2) is 28.3 Å². The third-order valence-electron chi connectivity index (χ3n) is 3.86. The zero-order chi connectivity index (χ0) is 18.7. The molecule has 26 heavy (non-hydrogen) atoms. The number of aromatic carboxylic acids is 1. The molecule has 2 heterocycles. The van der Waals surface area contributed by atoms with Gasteiger partial charge in [0.25, 0.3) is 0 Å². The normalized spacial score (nSPS) is 10.6. The summed E-state index contributed by atoms with van der Waals surface area (Å²) in [4.78, 5) is 16.1. The van der Waals surface area contributed by atoms with Gasteiger partial charge >= 0.3 is 5.97 Å². The highest BCUT2D eigenvalue weighted by molar-refractivity contribution is 5.99. The van der Waals surface area contributed by atoms with Crippen molar-refractivity contribution in [2.45, 2.75) is 20.4 Å². The van der Waals surface area contributed by atoms with E-state index in [2.05, 4.69) is 15.5 Å². The van der Waals surface area contributed by atoms with E-state index < -0.39 is 5.97 Å². The van der Waals surface area contributed by atoms with Gasteiger partial charge < -0.3 is 19.7 Å². The van der Waals surface area contributed by atoms with Gasteiger partial charge in [-0.3, -0.25) is 4.98 Å². The number of carboxylic acid groups (broad SMARTS) is 1. The van der Waals surface area contributed by atoms with Crippen LogP contribution in [0.1, 0.15) is 27.3 Å². The SMILES string of the molecule is COc1ccc(-c2onc(NCc3cc(C)nc(C)c3)c2C(=O)O)cc1. The molecule has 3 aromatic rings. The number of benzene rings is 1. The zero-order valence-corrected chi connectivity index (χ0v) is 14.7. The molecule has 0 aliphatic carbocycles. The van der Waals surface area contributed by atoms with Gasteiger partial charge in [0, 0.05) is 23.5 Å². The molecule has 134 valence electrons. The molecule has 0 unspecified atom stereocenters. The van der Waals surface area contributed by atoms with Crippen LogP contribution in [0.15, 0.2) is 40.9 Å². The molecule has 2 N–H and O–H groups in total. The fraction of sp³-hybridized carbons (Fsp3) is 0.211. The molecule has 0 fully saturated rings. The third kappa shape index (κ3) is 3.66. The highest BCUT2D eigenvalue weighted by Gasteiger charge is 2.23. The molecular weight excluding hydrogens is 334 g/mol. The molecule has 7 nitrogen and oxygen atoms in total. The summed E-state index contributed by atoms with van der Waals surface area (Å²) >= 11 is 0. The first-order valence-electron chi connectivity index (χ1n) is 8.03. The second kappa shape index (κ2) is 7.26. The van der Waals surface area contributed by atoms with Crippen LogP contribution in [0.25, 0.3) is 11.3 Å². The Labute approximate surface area is 150 Å². The van der Waals surface area contributed by atoms with Gasteiger partial charge in [-0.1, -0.05) is 5.16 Å². The Morgan fingerprint density at radius 1 is 1.19 bits per heavy atom. The minimum absolute atomic E-state index is 0.00216. The van der Waals surface area contributed by atoms with Crippen LogP contribution in [-0.2, 0) is 6.54 Å². The highest BCUT2D eigenvalue weighted by Crippen LogP contribution is 2.30. The summed E-state index contributed by atoms with van der Waals surface area (Å²) in [5, 5.41) is 16.6. The Balaban J connectivity index is 1.88. The average Bonchev–Trinajstić information content (AvgIpc) is 3.03. The molecule has 0 saturated carbocycles. The number of pyridine rings is 1. The maximum Gasteiger partial charge on any atom is 0.343 e. The number of methoxy groups -OCH3 is 1. The van der Waals surface area contributed by atoms with Crippen molar-refractivity contribution in [2.24, 2.45) is 0 Å². The van der Waals surface area contributed by atoms with Gasteiger partial charge in [0.1, 0.15) is 5.75 Å². The van der Waals surface area contributed by atoms with Crippen LogP contribution in [0.3, 0.4) is 0 Å². The van der Waals surface area contributed by atoms with Gasteiger partial charge in [-0.2, -0.15) is 0 Å². The van der Waals surface area contributed by atoms with E-state index in [1.165, 1.54) is 0 Å². The Bertz CT molecular complexity index is 912. The monoisotopic (exact) mass is 353 g/mol. The molecule has 7 heteroatoms. The van der Waals surface area contributed by atoms with E-state index in [9.17, 15) is 9.90 Å². The predicted molar refractivity (Wildman–Crippen MR) is 96.5 cm³/mol. The second-order valence-corrected chi connectivity index (χ2v) is 5.88. The number of rotatable bonds is 6. The quantitative estimate of drug-likeness (QED) is 0.697. The summed E-state index contributed by atoms with van der Waals surface area (Å²) in [7, 11) is 1.57. The van der Waals surface area contributed by atoms with Crippen LogP contribution in [0.4, 0.5) is 5.82 Å². The predicted octanol–water partition coefficient (Wildman–Crippen LogP) is 3.67. The Hall–Kier alpha value is -3.35. The van der Waals surface area contributed by atoms with Crippen molar-refractivity contribution in [3.8, 4) is 17.1 Å². The number of carboxylic acids is 1. The van der Waals surface area contributed by atoms with E-state index in [-0.39, 0.29) is 17.1 Å². The van der Waals surface area contributed by atoms with Crippen molar-refractivity contribution < 1.29 is 19.2 Å². The van der Waals surface area contributed by atoms with Gasteiger partial charge in [0.05, 0.1) is 7.11 Å². The molecule has 0 spiro atoms. The lowest BCUT2D eigenvalue weighted by Gasteiger charge is -2.06. The molecule has 0 aliphatic rings. The van der Waals surface area contributed by atoms with Crippen LogP contribution in [0.2, 0.25) is 0 Å². The van der Waals surface area contributed by atoms with Crippen molar-refractivity contribution in [3.63, 3.8) is 0 Å². The summed E-state index contributed by atoms with van der Waals surface area (Å²) in [5.41, 5.74) is 3.40. The maximum atomic E-state index is 11.7. The van der Waals surface area contributed by atoms with E-state index in [4.69, 9.17) is 9.26 Å². The third-order valence-corrected chi connectivity index (χ3v) is 3.86. The summed E-state index contributed by atoms with van der Waals surface area (Å²) in [6.45, 7) is 4.24. The number of nitrogens with zero attached hydrogens (tertiary/aromatic N) is 2. The summed E-state index contributed by atoms with van der Waals surface area (Å²) in [6, 6.07) is 10.8. The standard InChI is InChI=1S/C19H19N3O4/c1-11-8-13(9-12(2)21-11)10-20-18-16(19(23)24)17(26-22-18)14-4-6-15(25-3)7-5-14/h4-9H,10H2,1-3H3,(H,20,22)(H,23,24). The molecule has 0 bridgehead atoms. The lowest BCUT2D eigenvalue weighted by molar-refractivity contribution is 0.0698. The average molecular weight is 353 g/mol. The number of hydrogen-bond acceptors (Lipinski definition) is 6. The minimum atomic E-state index is -1.11. The smallest absolute Gasteiger partial charge is 0.343 e. The van der Waals surface area contributed by atoms with Gasteiger partial charge in [-0.25, -0.2) is 4.79 Å². The number of ether oxygens (including phenoxy) is 1. The van der Waals surface area contributed by atoms with Crippen molar-refractivity contribution in [1.29, 1.82) is 0 Å². The molecule has 1 aromatic carbocycles. The fourth-order valence-electron chi connectivity index (χ4n) is 2.76. The molecule has 0 saturated heterocycles. The van der Waals surface area contributed by atoms with Gasteiger partial charge in [-0.05, 0) is 55.8 Å². The maximum absolute atomic E-state index is 11.7. The molecule has 0 atom stereocenters. The topological polar surface area (TPSA) is 97.5 Å². The number of anilines is 1. The molecule has 3 rings (SSSR count). The number of aromatic nitrogens is 2. The summed E-state index contributed by atoms with van der Waals surface area (Å²) < 4.78 is 10.4. The molecule has 0 aliphatic heterocycles. The van der Waals surface area contributed by atoms with Gasteiger partial charge in [0.2, 0.25) is 0 Å². The lowest BCUT2D eigenvalue weighted by atomic mass is 10.1. The minimum Gasteiger partial charge on any atom is -0.497 e. The van der Waals surface area contributed by atoms with Crippen molar-refractivity contribution in [1.82, 2.24) is 10.1 Å². The van der Waals surface area contributed by atoms with Crippen molar-refractivity contribution >= 4 is 11.8 Å². The highest BCUT2D eigenvalue weighted by atomic mass is 16.5. The second-order valence-electron chi connectivity index (χ2n) is 5.88. The Morgan fingerprint density at radius 2 is 1.85 bits per heavy atom. The fourth-order valence-corrected chi connectivity index (χ4v) is 2.76. The van der Waals surface area contributed by atoms with Crippen molar-refractivity contribution in [3.05, 3.63) is 58.9 Å². The van der Waals surface area contributed by atoms with Crippen LogP contribution >= 0.6 is 0 Å². The molecular formula is C19H19N3O4. The molecule has 0 amide bonds. The van der Waals surface area contributed by atoms with E-state index >= 15 is 0 Å². The van der Waals surface area contributed by atoms with Gasteiger partial charge in [0.15, 0.2) is 17.1 Å².